The Morgan fingerprint density at radius 1 is 1.28 bits per heavy atom. The van der Waals surface area contributed by atoms with Gasteiger partial charge in [-0.25, -0.2) is 9.97 Å². The van der Waals surface area contributed by atoms with Crippen LogP contribution in [0.25, 0.3) is 0 Å². The molecule has 2 unspecified atom stereocenters. The third kappa shape index (κ3) is 3.49. The number of aromatic nitrogens is 2. The molecule has 98 valence electrons. The lowest BCUT2D eigenvalue weighted by atomic mass is 9.95. The third-order valence-electron chi connectivity index (χ3n) is 3.28. The van der Waals surface area contributed by atoms with Crippen molar-refractivity contribution in [2.45, 2.75) is 38.1 Å². The first kappa shape index (κ1) is 13.4. The zero-order valence-electron chi connectivity index (χ0n) is 10.1. The van der Waals surface area contributed by atoms with Gasteiger partial charge in [0.05, 0.1) is 18.3 Å². The minimum absolute atomic E-state index is 0.0407. The van der Waals surface area contributed by atoms with Crippen LogP contribution >= 0.6 is 15.9 Å². The Bertz CT molecular complexity index is 409. The van der Waals surface area contributed by atoms with Crippen molar-refractivity contribution in [1.82, 2.24) is 9.97 Å². The molecule has 1 fully saturated rings. The summed E-state index contributed by atoms with van der Waals surface area (Å²) >= 11 is 3.20. The van der Waals surface area contributed by atoms with E-state index in [1.165, 1.54) is 6.20 Å². The molecule has 1 aliphatic rings. The Balaban J connectivity index is 1.99. The number of amides is 1. The minimum Gasteiger partial charge on any atom is -0.327 e. The molecule has 0 aliphatic heterocycles. The van der Waals surface area contributed by atoms with Crippen LogP contribution in [0.1, 0.15) is 32.1 Å². The smallest absolute Gasteiger partial charge is 0.230 e. The van der Waals surface area contributed by atoms with Gasteiger partial charge in [0.15, 0.2) is 5.82 Å². The molecule has 0 bridgehead atoms. The molecule has 0 spiro atoms. The fourth-order valence-electron chi connectivity index (χ4n) is 2.26. The predicted molar refractivity (Wildman–Crippen MR) is 72.9 cm³/mol. The van der Waals surface area contributed by atoms with Crippen LogP contribution in [0, 0.1) is 5.92 Å². The second-order valence-electron chi connectivity index (χ2n) is 4.62. The van der Waals surface area contributed by atoms with Gasteiger partial charge in [0, 0.05) is 6.04 Å². The summed E-state index contributed by atoms with van der Waals surface area (Å²) in [5, 5.41) is 2.78. The van der Waals surface area contributed by atoms with Crippen molar-refractivity contribution in [2.24, 2.45) is 11.7 Å². The van der Waals surface area contributed by atoms with Crippen LogP contribution in [-0.2, 0) is 4.79 Å². The van der Waals surface area contributed by atoms with Gasteiger partial charge >= 0.3 is 0 Å². The van der Waals surface area contributed by atoms with Gasteiger partial charge in [-0.2, -0.15) is 0 Å². The molecule has 1 aromatic heterocycles. The average Bonchev–Trinajstić information content (AvgIpc) is 2.57. The molecule has 2 rings (SSSR count). The molecule has 1 aromatic rings. The summed E-state index contributed by atoms with van der Waals surface area (Å²) in [4.78, 5) is 20.2. The van der Waals surface area contributed by atoms with E-state index in [4.69, 9.17) is 5.73 Å². The number of hydrogen-bond donors (Lipinski definition) is 2. The Morgan fingerprint density at radius 2 is 2.06 bits per heavy atom. The average molecular weight is 313 g/mol. The van der Waals surface area contributed by atoms with E-state index < -0.39 is 0 Å². The number of carbonyl (C=O) groups excluding carboxylic acids is 1. The van der Waals surface area contributed by atoms with Gasteiger partial charge in [-0.3, -0.25) is 4.79 Å². The fourth-order valence-corrected chi connectivity index (χ4v) is 2.46. The Morgan fingerprint density at radius 3 is 2.78 bits per heavy atom. The van der Waals surface area contributed by atoms with Crippen LogP contribution in [0.5, 0.6) is 0 Å². The van der Waals surface area contributed by atoms with Crippen molar-refractivity contribution in [3.8, 4) is 0 Å². The third-order valence-corrected chi connectivity index (χ3v) is 3.69. The molecular weight excluding hydrogens is 296 g/mol. The first-order chi connectivity index (χ1) is 8.66. The number of hydrogen-bond acceptors (Lipinski definition) is 4. The highest BCUT2D eigenvalue weighted by molar-refractivity contribution is 9.10. The molecule has 5 nitrogen and oxygen atoms in total. The molecule has 2 atom stereocenters. The molecule has 0 radical (unpaired) electrons. The standard InChI is InChI=1S/C12H17BrN4O/c13-10-6-16-11(7-15-10)17-12(18)8-4-2-1-3-5-9(8)14/h6-9H,1-5,14H2,(H,16,17,18). The Labute approximate surface area is 115 Å². The van der Waals surface area contributed by atoms with Gasteiger partial charge < -0.3 is 11.1 Å². The van der Waals surface area contributed by atoms with Crippen LogP contribution in [0.4, 0.5) is 5.82 Å². The second kappa shape index (κ2) is 6.24. The van der Waals surface area contributed by atoms with E-state index >= 15 is 0 Å². The van der Waals surface area contributed by atoms with Crippen molar-refractivity contribution in [3.05, 3.63) is 17.0 Å². The molecule has 1 heterocycles. The topological polar surface area (TPSA) is 80.9 Å². The van der Waals surface area contributed by atoms with Gasteiger partial charge in [0.25, 0.3) is 0 Å². The monoisotopic (exact) mass is 312 g/mol. The number of anilines is 1. The molecule has 1 saturated carbocycles. The van der Waals surface area contributed by atoms with Crippen LogP contribution < -0.4 is 11.1 Å². The number of carbonyl (C=O) groups is 1. The van der Waals surface area contributed by atoms with Crippen molar-refractivity contribution in [1.29, 1.82) is 0 Å². The maximum Gasteiger partial charge on any atom is 0.230 e. The second-order valence-corrected chi connectivity index (χ2v) is 5.43. The van der Waals surface area contributed by atoms with Crippen molar-refractivity contribution in [2.75, 3.05) is 5.32 Å². The Kier molecular flexibility index (Phi) is 4.66. The molecular formula is C12H17BrN4O. The van der Waals surface area contributed by atoms with Gasteiger partial charge in [0.2, 0.25) is 5.91 Å². The molecule has 18 heavy (non-hydrogen) atoms. The Hall–Kier alpha value is -1.01. The summed E-state index contributed by atoms with van der Waals surface area (Å²) < 4.78 is 0.645. The first-order valence-corrected chi connectivity index (χ1v) is 7.00. The molecule has 1 amide bonds. The van der Waals surface area contributed by atoms with Crippen molar-refractivity contribution < 1.29 is 4.79 Å². The van der Waals surface area contributed by atoms with Crippen LogP contribution in [0.15, 0.2) is 17.0 Å². The summed E-state index contributed by atoms with van der Waals surface area (Å²) in [6, 6.07) is -0.0455. The zero-order chi connectivity index (χ0) is 13.0. The number of nitrogens with two attached hydrogens (primary N) is 1. The minimum atomic E-state index is -0.113. The summed E-state index contributed by atoms with van der Waals surface area (Å²) in [6.07, 6.45) is 8.21. The quantitative estimate of drug-likeness (QED) is 0.819. The first-order valence-electron chi connectivity index (χ1n) is 6.21. The predicted octanol–water partition coefficient (Wildman–Crippen LogP) is 2.09. The number of rotatable bonds is 2. The van der Waals surface area contributed by atoms with Gasteiger partial charge in [-0.15, -0.1) is 0 Å². The molecule has 6 heteroatoms. The van der Waals surface area contributed by atoms with Crippen molar-refractivity contribution >= 4 is 27.7 Å². The number of nitrogens with zero attached hydrogens (tertiary/aromatic N) is 2. The normalized spacial score (nSPS) is 24.3. The van der Waals surface area contributed by atoms with E-state index in [1.54, 1.807) is 6.20 Å². The van der Waals surface area contributed by atoms with E-state index in [-0.39, 0.29) is 17.9 Å². The largest absolute Gasteiger partial charge is 0.327 e. The molecule has 1 aliphatic carbocycles. The van der Waals surface area contributed by atoms with Gasteiger partial charge in [-0.1, -0.05) is 19.3 Å². The van der Waals surface area contributed by atoms with Crippen LogP contribution in [0.2, 0.25) is 0 Å². The highest BCUT2D eigenvalue weighted by atomic mass is 79.9. The summed E-state index contributed by atoms with van der Waals surface area (Å²) in [5.41, 5.74) is 6.05. The molecule has 0 aromatic carbocycles. The fraction of sp³-hybridized carbons (Fsp3) is 0.583. The summed E-state index contributed by atoms with van der Waals surface area (Å²) in [5.74, 6) is 0.318. The van der Waals surface area contributed by atoms with E-state index in [2.05, 4.69) is 31.2 Å². The maximum absolute atomic E-state index is 12.1. The lowest BCUT2D eigenvalue weighted by molar-refractivity contribution is -0.120. The molecule has 3 N–H and O–H groups in total. The van der Waals surface area contributed by atoms with Gasteiger partial charge in [0.1, 0.15) is 4.60 Å². The summed E-state index contributed by atoms with van der Waals surface area (Å²) in [7, 11) is 0. The van der Waals surface area contributed by atoms with E-state index in [0.29, 0.717) is 10.4 Å². The van der Waals surface area contributed by atoms with Gasteiger partial charge in [-0.05, 0) is 28.8 Å². The van der Waals surface area contributed by atoms with E-state index in [9.17, 15) is 4.79 Å². The SMILES string of the molecule is NC1CCCCCC1C(=O)Nc1cnc(Br)cn1. The van der Waals surface area contributed by atoms with Crippen LogP contribution in [0.3, 0.4) is 0 Å². The summed E-state index contributed by atoms with van der Waals surface area (Å²) in [6.45, 7) is 0. The highest BCUT2D eigenvalue weighted by Crippen LogP contribution is 2.23. The van der Waals surface area contributed by atoms with E-state index in [0.717, 1.165) is 32.1 Å². The van der Waals surface area contributed by atoms with Crippen molar-refractivity contribution in [3.63, 3.8) is 0 Å². The molecule has 0 saturated heterocycles. The number of nitrogens with one attached hydrogen (secondary N) is 1. The lowest BCUT2D eigenvalue weighted by Crippen LogP contribution is -2.38. The van der Waals surface area contributed by atoms with Crippen LogP contribution in [-0.4, -0.2) is 21.9 Å². The maximum atomic E-state index is 12.1. The number of halogens is 1. The lowest BCUT2D eigenvalue weighted by Gasteiger charge is -2.20. The zero-order valence-corrected chi connectivity index (χ0v) is 11.7. The van der Waals surface area contributed by atoms with E-state index in [1.807, 2.05) is 0 Å². The highest BCUT2D eigenvalue weighted by Gasteiger charge is 2.27.